The van der Waals surface area contributed by atoms with Crippen LogP contribution < -0.4 is 24.3 Å². The molecule has 0 saturated carbocycles. The lowest BCUT2D eigenvalue weighted by Crippen LogP contribution is -2.09. The number of carbonyl (C=O) groups is 1. The van der Waals surface area contributed by atoms with Crippen molar-refractivity contribution < 1.29 is 37.6 Å². The normalized spacial score (nSPS) is 11.1. The SMILES string of the molecule is COc1cc(/C=C/c2cc(O)c(OC)c(NC(=O)/C=C/c3ccc(F)c(F)c3)c2)cc(OC)c1OC. The van der Waals surface area contributed by atoms with Gasteiger partial charge in [0, 0.05) is 6.08 Å². The maximum absolute atomic E-state index is 13.4. The van der Waals surface area contributed by atoms with Crippen LogP contribution in [0.25, 0.3) is 18.2 Å². The molecule has 0 unspecified atom stereocenters. The van der Waals surface area contributed by atoms with Crippen LogP contribution in [0, 0.1) is 11.6 Å². The molecule has 0 atom stereocenters. The lowest BCUT2D eigenvalue weighted by atomic mass is 10.1. The van der Waals surface area contributed by atoms with Gasteiger partial charge in [-0.25, -0.2) is 8.78 Å². The summed E-state index contributed by atoms with van der Waals surface area (Å²) in [5, 5.41) is 13.0. The zero-order valence-corrected chi connectivity index (χ0v) is 20.1. The van der Waals surface area contributed by atoms with Crippen molar-refractivity contribution in [1.29, 1.82) is 0 Å². The van der Waals surface area contributed by atoms with Gasteiger partial charge in [0.25, 0.3) is 0 Å². The number of hydrogen-bond donors (Lipinski definition) is 2. The standard InChI is InChI=1S/C27H25F2NO6/c1-33-23-14-18(15-24(34-2)27(23)36-4)6-5-17-12-21(26(35-3)22(31)13-17)30-25(32)10-8-16-7-9-19(28)20(29)11-16/h5-15,31H,1-4H3,(H,30,32)/b6-5+,10-8+. The summed E-state index contributed by atoms with van der Waals surface area (Å²) in [5.41, 5.74) is 1.81. The van der Waals surface area contributed by atoms with Gasteiger partial charge in [0.2, 0.25) is 11.7 Å². The molecule has 0 aliphatic carbocycles. The first-order chi connectivity index (χ1) is 17.3. The Kier molecular flexibility index (Phi) is 8.51. The number of halogens is 2. The summed E-state index contributed by atoms with van der Waals surface area (Å²) in [5.74, 6) is -1.27. The van der Waals surface area contributed by atoms with Gasteiger partial charge >= 0.3 is 0 Å². The number of nitrogens with one attached hydrogen (secondary N) is 1. The van der Waals surface area contributed by atoms with Gasteiger partial charge in [0.05, 0.1) is 34.1 Å². The predicted molar refractivity (Wildman–Crippen MR) is 134 cm³/mol. The summed E-state index contributed by atoms with van der Waals surface area (Å²) in [4.78, 5) is 12.4. The molecule has 0 spiro atoms. The lowest BCUT2D eigenvalue weighted by Gasteiger charge is -2.13. The molecule has 36 heavy (non-hydrogen) atoms. The molecule has 3 rings (SSSR count). The lowest BCUT2D eigenvalue weighted by molar-refractivity contribution is -0.111. The largest absolute Gasteiger partial charge is 0.504 e. The highest BCUT2D eigenvalue weighted by Crippen LogP contribution is 2.39. The van der Waals surface area contributed by atoms with Crippen molar-refractivity contribution in [2.75, 3.05) is 33.8 Å². The van der Waals surface area contributed by atoms with Gasteiger partial charge in [0.15, 0.2) is 34.6 Å². The second kappa shape index (κ2) is 11.7. The number of rotatable bonds is 9. The number of phenolic OH excluding ortho intramolecular Hbond substituents is 1. The molecular weight excluding hydrogens is 472 g/mol. The molecular formula is C27H25F2NO6. The topological polar surface area (TPSA) is 86.2 Å². The van der Waals surface area contributed by atoms with E-state index in [0.29, 0.717) is 28.4 Å². The van der Waals surface area contributed by atoms with Gasteiger partial charge in [0.1, 0.15) is 0 Å². The minimum atomic E-state index is -1.02. The number of amides is 1. The summed E-state index contributed by atoms with van der Waals surface area (Å²) in [6.07, 6.45) is 5.97. The average molecular weight is 497 g/mol. The second-order valence-electron chi connectivity index (χ2n) is 7.41. The van der Waals surface area contributed by atoms with Crippen molar-refractivity contribution in [3.05, 3.63) is 76.9 Å². The summed E-state index contributed by atoms with van der Waals surface area (Å²) in [7, 11) is 5.90. The third kappa shape index (κ3) is 6.12. The van der Waals surface area contributed by atoms with E-state index in [9.17, 15) is 18.7 Å². The fourth-order valence-electron chi connectivity index (χ4n) is 3.39. The zero-order valence-electron chi connectivity index (χ0n) is 20.1. The van der Waals surface area contributed by atoms with E-state index >= 15 is 0 Å². The molecule has 0 saturated heterocycles. The minimum Gasteiger partial charge on any atom is -0.504 e. The monoisotopic (exact) mass is 497 g/mol. The Morgan fingerprint density at radius 3 is 1.92 bits per heavy atom. The van der Waals surface area contributed by atoms with Crippen LogP contribution in [-0.4, -0.2) is 39.5 Å². The number of methoxy groups -OCH3 is 4. The highest BCUT2D eigenvalue weighted by atomic mass is 19.2. The first-order valence-electron chi connectivity index (χ1n) is 10.6. The van der Waals surface area contributed by atoms with Crippen LogP contribution in [0.1, 0.15) is 16.7 Å². The fourth-order valence-corrected chi connectivity index (χ4v) is 3.39. The van der Waals surface area contributed by atoms with E-state index in [1.54, 1.807) is 30.4 Å². The van der Waals surface area contributed by atoms with Crippen LogP contribution in [0.4, 0.5) is 14.5 Å². The summed E-state index contributed by atoms with van der Waals surface area (Å²) < 4.78 is 47.7. The quantitative estimate of drug-likeness (QED) is 0.299. The van der Waals surface area contributed by atoms with Gasteiger partial charge in [-0.05, 0) is 59.2 Å². The van der Waals surface area contributed by atoms with Gasteiger partial charge in [-0.2, -0.15) is 0 Å². The molecule has 0 heterocycles. The Morgan fingerprint density at radius 1 is 0.750 bits per heavy atom. The van der Waals surface area contributed by atoms with Gasteiger partial charge in [-0.3, -0.25) is 4.79 Å². The molecule has 0 aromatic heterocycles. The van der Waals surface area contributed by atoms with E-state index in [-0.39, 0.29) is 17.2 Å². The van der Waals surface area contributed by atoms with Crippen LogP contribution in [0.3, 0.4) is 0 Å². The number of benzene rings is 3. The smallest absolute Gasteiger partial charge is 0.248 e. The maximum Gasteiger partial charge on any atom is 0.248 e. The van der Waals surface area contributed by atoms with E-state index in [2.05, 4.69) is 5.32 Å². The highest BCUT2D eigenvalue weighted by molar-refractivity contribution is 6.03. The van der Waals surface area contributed by atoms with E-state index in [4.69, 9.17) is 18.9 Å². The molecule has 3 aromatic carbocycles. The zero-order chi connectivity index (χ0) is 26.2. The number of ether oxygens (including phenoxy) is 4. The molecule has 0 aliphatic heterocycles. The Bertz CT molecular complexity index is 1290. The molecule has 9 heteroatoms. The van der Waals surface area contributed by atoms with E-state index < -0.39 is 17.5 Å². The van der Waals surface area contributed by atoms with Gasteiger partial charge in [-0.1, -0.05) is 18.2 Å². The minimum absolute atomic E-state index is 0.0644. The van der Waals surface area contributed by atoms with Crippen molar-refractivity contribution in [2.24, 2.45) is 0 Å². The highest BCUT2D eigenvalue weighted by Gasteiger charge is 2.14. The molecule has 1 amide bonds. The number of carbonyl (C=O) groups excluding carboxylic acids is 1. The first kappa shape index (κ1) is 26.1. The molecule has 0 bridgehead atoms. The number of anilines is 1. The molecule has 0 aliphatic rings. The number of phenols is 1. The predicted octanol–water partition coefficient (Wildman–Crippen LogP) is 5.53. The molecule has 3 aromatic rings. The second-order valence-corrected chi connectivity index (χ2v) is 7.41. The maximum atomic E-state index is 13.4. The summed E-state index contributed by atoms with van der Waals surface area (Å²) in [6.45, 7) is 0. The molecule has 2 N–H and O–H groups in total. The third-order valence-electron chi connectivity index (χ3n) is 5.08. The third-order valence-corrected chi connectivity index (χ3v) is 5.08. The van der Waals surface area contributed by atoms with Gasteiger partial charge < -0.3 is 29.4 Å². The van der Waals surface area contributed by atoms with Crippen molar-refractivity contribution in [3.63, 3.8) is 0 Å². The van der Waals surface area contributed by atoms with E-state index in [0.717, 1.165) is 23.8 Å². The van der Waals surface area contributed by atoms with Crippen LogP contribution in [0.5, 0.6) is 28.7 Å². The Morgan fingerprint density at radius 2 is 1.36 bits per heavy atom. The Balaban J connectivity index is 1.86. The average Bonchev–Trinajstić information content (AvgIpc) is 2.87. The Hall–Kier alpha value is -4.53. The molecule has 0 fully saturated rings. The number of hydrogen-bond acceptors (Lipinski definition) is 6. The summed E-state index contributed by atoms with van der Waals surface area (Å²) >= 11 is 0. The van der Waals surface area contributed by atoms with Crippen LogP contribution in [0.2, 0.25) is 0 Å². The van der Waals surface area contributed by atoms with Crippen molar-refractivity contribution in [1.82, 2.24) is 0 Å². The van der Waals surface area contributed by atoms with Crippen LogP contribution in [-0.2, 0) is 4.79 Å². The Labute approximate surface area is 207 Å². The van der Waals surface area contributed by atoms with Gasteiger partial charge in [-0.15, -0.1) is 0 Å². The first-order valence-corrected chi connectivity index (χ1v) is 10.6. The van der Waals surface area contributed by atoms with Crippen LogP contribution >= 0.6 is 0 Å². The number of aromatic hydroxyl groups is 1. The van der Waals surface area contributed by atoms with Crippen LogP contribution in [0.15, 0.2) is 48.5 Å². The fraction of sp³-hybridized carbons (Fsp3) is 0.148. The molecule has 0 radical (unpaired) electrons. The molecule has 188 valence electrons. The van der Waals surface area contributed by atoms with Crippen molar-refractivity contribution >= 4 is 29.8 Å². The van der Waals surface area contributed by atoms with Crippen molar-refractivity contribution in [2.45, 2.75) is 0 Å². The van der Waals surface area contributed by atoms with Crippen molar-refractivity contribution in [3.8, 4) is 28.7 Å². The molecule has 7 nitrogen and oxygen atoms in total. The summed E-state index contributed by atoms with van der Waals surface area (Å²) in [6, 6.07) is 9.87. The van der Waals surface area contributed by atoms with E-state index in [1.165, 1.54) is 46.6 Å². The van der Waals surface area contributed by atoms with E-state index in [1.807, 2.05) is 0 Å².